The van der Waals surface area contributed by atoms with Gasteiger partial charge in [0.2, 0.25) is 5.91 Å². The molecule has 0 aliphatic carbocycles. The van der Waals surface area contributed by atoms with Crippen LogP contribution in [0.3, 0.4) is 0 Å². The first-order valence-corrected chi connectivity index (χ1v) is 7.73. The maximum atomic E-state index is 12.3. The lowest BCUT2D eigenvalue weighted by atomic mass is 10.1. The molecule has 0 saturated carbocycles. The number of carbonyl (C=O) groups is 1. The van der Waals surface area contributed by atoms with Crippen LogP contribution in [0.15, 0.2) is 24.5 Å². The molecule has 3 rings (SSSR count). The van der Waals surface area contributed by atoms with Crippen molar-refractivity contribution in [3.05, 3.63) is 46.9 Å². The molecular formula is C17H20N6O. The molecule has 24 heavy (non-hydrogen) atoms. The number of carbonyl (C=O) groups excluding carboxylic acids is 1. The highest BCUT2D eigenvalue weighted by Gasteiger charge is 2.10. The molecule has 0 fully saturated rings. The summed E-state index contributed by atoms with van der Waals surface area (Å²) in [5, 5.41) is 10.2. The Hall–Kier alpha value is -2.96. The number of nitrogens with one attached hydrogen (secondary N) is 2. The number of anilines is 2. The van der Waals surface area contributed by atoms with Crippen LogP contribution < -0.4 is 10.6 Å². The molecule has 0 spiro atoms. The van der Waals surface area contributed by atoms with E-state index >= 15 is 0 Å². The molecule has 2 aromatic heterocycles. The average molecular weight is 324 g/mol. The zero-order chi connectivity index (χ0) is 17.3. The molecule has 7 nitrogen and oxygen atoms in total. The average Bonchev–Trinajstić information content (AvgIpc) is 2.96. The van der Waals surface area contributed by atoms with Gasteiger partial charge >= 0.3 is 0 Å². The summed E-state index contributed by atoms with van der Waals surface area (Å²) in [6.07, 6.45) is 1.44. The van der Waals surface area contributed by atoms with E-state index < -0.39 is 0 Å². The van der Waals surface area contributed by atoms with Crippen LogP contribution in [-0.2, 0) is 4.79 Å². The molecule has 2 heterocycles. The third-order valence-electron chi connectivity index (χ3n) is 3.75. The van der Waals surface area contributed by atoms with Gasteiger partial charge in [-0.05, 0) is 38.8 Å². The Morgan fingerprint density at radius 2 is 1.83 bits per heavy atom. The minimum atomic E-state index is -0.118. The quantitative estimate of drug-likeness (QED) is 0.770. The van der Waals surface area contributed by atoms with Gasteiger partial charge in [-0.15, -0.1) is 0 Å². The molecule has 7 heteroatoms. The Labute approximate surface area is 140 Å². The smallest absolute Gasteiger partial charge is 0.254 e. The molecular weight excluding hydrogens is 304 g/mol. The molecule has 1 aromatic carbocycles. The summed E-state index contributed by atoms with van der Waals surface area (Å²) < 4.78 is 1.57. The largest absolute Gasteiger partial charge is 0.361 e. The van der Waals surface area contributed by atoms with Crippen molar-refractivity contribution in [2.24, 2.45) is 0 Å². The van der Waals surface area contributed by atoms with Gasteiger partial charge in [-0.1, -0.05) is 17.7 Å². The number of hydrogen-bond acceptors (Lipinski definition) is 5. The van der Waals surface area contributed by atoms with E-state index in [2.05, 4.69) is 37.8 Å². The monoisotopic (exact) mass is 324 g/mol. The SMILES string of the molecule is Cc1cc(C)c(NC(=O)CNc2cc(C)nc3ncnn23)c(C)c1. The Bertz CT molecular complexity index is 892. The standard InChI is InChI=1S/C17H20N6O/c1-10-5-11(2)16(12(3)6-10)22-15(24)8-18-14-7-13(4)21-17-19-9-20-23(14)17/h5-7,9,18H,8H2,1-4H3,(H,22,24). The molecule has 3 aromatic rings. The van der Waals surface area contributed by atoms with Crippen molar-refractivity contribution in [3.8, 4) is 0 Å². The fourth-order valence-corrected chi connectivity index (χ4v) is 2.79. The third-order valence-corrected chi connectivity index (χ3v) is 3.75. The summed E-state index contributed by atoms with van der Waals surface area (Å²) in [6.45, 7) is 8.04. The third kappa shape index (κ3) is 3.19. The van der Waals surface area contributed by atoms with E-state index in [4.69, 9.17) is 0 Å². The summed E-state index contributed by atoms with van der Waals surface area (Å²) in [5.41, 5.74) is 4.97. The van der Waals surface area contributed by atoms with E-state index in [0.717, 1.165) is 22.5 Å². The highest BCUT2D eigenvalue weighted by molar-refractivity contribution is 5.95. The number of nitrogens with zero attached hydrogens (tertiary/aromatic N) is 4. The Morgan fingerprint density at radius 1 is 1.12 bits per heavy atom. The number of aryl methyl sites for hydroxylation is 4. The topological polar surface area (TPSA) is 84.2 Å². The van der Waals surface area contributed by atoms with Crippen LogP contribution >= 0.6 is 0 Å². The first-order valence-electron chi connectivity index (χ1n) is 7.73. The van der Waals surface area contributed by atoms with Gasteiger partial charge in [0, 0.05) is 17.4 Å². The number of amides is 1. The zero-order valence-corrected chi connectivity index (χ0v) is 14.2. The van der Waals surface area contributed by atoms with Crippen LogP contribution in [0.1, 0.15) is 22.4 Å². The van der Waals surface area contributed by atoms with Crippen molar-refractivity contribution >= 4 is 23.2 Å². The van der Waals surface area contributed by atoms with E-state index in [0.29, 0.717) is 11.6 Å². The number of aromatic nitrogens is 4. The second-order valence-corrected chi connectivity index (χ2v) is 5.93. The summed E-state index contributed by atoms with van der Waals surface area (Å²) in [7, 11) is 0. The fraction of sp³-hybridized carbons (Fsp3) is 0.294. The highest BCUT2D eigenvalue weighted by atomic mass is 16.1. The van der Waals surface area contributed by atoms with E-state index in [-0.39, 0.29) is 12.5 Å². The van der Waals surface area contributed by atoms with E-state index in [1.54, 1.807) is 4.52 Å². The summed E-state index contributed by atoms with van der Waals surface area (Å²) in [4.78, 5) is 20.6. The predicted octanol–water partition coefficient (Wildman–Crippen LogP) is 2.41. The summed E-state index contributed by atoms with van der Waals surface area (Å²) in [6, 6.07) is 5.94. The lowest BCUT2D eigenvalue weighted by Gasteiger charge is -2.14. The number of rotatable bonds is 4. The second-order valence-electron chi connectivity index (χ2n) is 5.93. The summed E-state index contributed by atoms with van der Waals surface area (Å²) >= 11 is 0. The minimum absolute atomic E-state index is 0.118. The summed E-state index contributed by atoms with van der Waals surface area (Å²) in [5.74, 6) is 1.07. The first kappa shape index (κ1) is 15.9. The number of hydrogen-bond donors (Lipinski definition) is 2. The first-order chi connectivity index (χ1) is 11.4. The van der Waals surface area contributed by atoms with E-state index in [1.165, 1.54) is 11.9 Å². The van der Waals surface area contributed by atoms with Crippen LogP contribution in [0, 0.1) is 27.7 Å². The number of benzene rings is 1. The van der Waals surface area contributed by atoms with E-state index in [9.17, 15) is 4.79 Å². The molecule has 1 amide bonds. The fourth-order valence-electron chi connectivity index (χ4n) is 2.79. The maximum absolute atomic E-state index is 12.3. The minimum Gasteiger partial charge on any atom is -0.361 e. The molecule has 2 N–H and O–H groups in total. The van der Waals surface area contributed by atoms with Crippen molar-refractivity contribution < 1.29 is 4.79 Å². The van der Waals surface area contributed by atoms with Gasteiger partial charge in [0.25, 0.3) is 5.78 Å². The van der Waals surface area contributed by atoms with Crippen molar-refractivity contribution in [1.29, 1.82) is 0 Å². The lowest BCUT2D eigenvalue weighted by Crippen LogP contribution is -2.23. The lowest BCUT2D eigenvalue weighted by molar-refractivity contribution is -0.114. The molecule has 0 saturated heterocycles. The molecule has 0 unspecified atom stereocenters. The maximum Gasteiger partial charge on any atom is 0.254 e. The number of fused-ring (bicyclic) bond motifs is 1. The van der Waals surface area contributed by atoms with Gasteiger partial charge in [-0.2, -0.15) is 14.6 Å². The molecule has 0 aliphatic rings. The normalized spacial score (nSPS) is 10.8. The van der Waals surface area contributed by atoms with Crippen LogP contribution in [-0.4, -0.2) is 32.0 Å². The van der Waals surface area contributed by atoms with Crippen LogP contribution in [0.5, 0.6) is 0 Å². The Morgan fingerprint density at radius 3 is 2.54 bits per heavy atom. The van der Waals surface area contributed by atoms with Crippen LogP contribution in [0.4, 0.5) is 11.5 Å². The Kier molecular flexibility index (Phi) is 4.16. The van der Waals surface area contributed by atoms with Crippen molar-refractivity contribution in [2.75, 3.05) is 17.2 Å². The van der Waals surface area contributed by atoms with Gasteiger partial charge < -0.3 is 10.6 Å². The highest BCUT2D eigenvalue weighted by Crippen LogP contribution is 2.21. The predicted molar refractivity (Wildman–Crippen MR) is 93.3 cm³/mol. The van der Waals surface area contributed by atoms with Gasteiger partial charge in [-0.25, -0.2) is 4.98 Å². The van der Waals surface area contributed by atoms with Crippen molar-refractivity contribution in [3.63, 3.8) is 0 Å². The van der Waals surface area contributed by atoms with Gasteiger partial charge in [0.15, 0.2) is 0 Å². The molecule has 0 atom stereocenters. The van der Waals surface area contributed by atoms with Crippen molar-refractivity contribution in [2.45, 2.75) is 27.7 Å². The van der Waals surface area contributed by atoms with Crippen LogP contribution in [0.25, 0.3) is 5.78 Å². The van der Waals surface area contributed by atoms with Crippen LogP contribution in [0.2, 0.25) is 0 Å². The Balaban J connectivity index is 1.73. The second kappa shape index (κ2) is 6.27. The molecule has 0 bridgehead atoms. The zero-order valence-electron chi connectivity index (χ0n) is 14.2. The van der Waals surface area contributed by atoms with Gasteiger partial charge in [0.1, 0.15) is 12.1 Å². The van der Waals surface area contributed by atoms with Crippen molar-refractivity contribution in [1.82, 2.24) is 19.6 Å². The molecule has 0 radical (unpaired) electrons. The molecule has 124 valence electrons. The van der Waals surface area contributed by atoms with E-state index in [1.807, 2.05) is 33.8 Å². The van der Waals surface area contributed by atoms with Gasteiger partial charge in [0.05, 0.1) is 6.54 Å². The van der Waals surface area contributed by atoms with Gasteiger partial charge in [-0.3, -0.25) is 4.79 Å². The molecule has 0 aliphatic heterocycles.